The first-order valence-corrected chi connectivity index (χ1v) is 7.33. The Labute approximate surface area is 121 Å². The molecule has 0 aliphatic rings. The zero-order chi connectivity index (χ0) is 14.4. The Hall–Kier alpha value is -1.74. The molecule has 1 aromatic carbocycles. The Kier molecular flexibility index (Phi) is 5.24. The molecule has 0 saturated carbocycles. The van der Waals surface area contributed by atoms with Crippen LogP contribution in [0, 0.1) is 0 Å². The zero-order valence-electron chi connectivity index (χ0n) is 12.6. The summed E-state index contributed by atoms with van der Waals surface area (Å²) in [5.74, 6) is 1.35. The van der Waals surface area contributed by atoms with Crippen molar-refractivity contribution in [1.29, 1.82) is 0 Å². The van der Waals surface area contributed by atoms with E-state index >= 15 is 0 Å². The van der Waals surface area contributed by atoms with E-state index in [-0.39, 0.29) is 0 Å². The predicted octanol–water partition coefficient (Wildman–Crippen LogP) is 3.77. The van der Waals surface area contributed by atoms with E-state index in [0.717, 1.165) is 36.6 Å². The maximum atomic E-state index is 4.62. The first-order valence-electron chi connectivity index (χ1n) is 7.33. The second-order valence-corrected chi connectivity index (χ2v) is 5.33. The summed E-state index contributed by atoms with van der Waals surface area (Å²) in [6.07, 6.45) is 2.97. The number of benzene rings is 1. The molecule has 0 spiro atoms. The Balaban J connectivity index is 2.13. The lowest BCUT2D eigenvalue weighted by Crippen LogP contribution is -2.15. The van der Waals surface area contributed by atoms with Gasteiger partial charge in [0, 0.05) is 18.3 Å². The maximum Gasteiger partial charge on any atom is 0.159 e. The first-order chi connectivity index (χ1) is 9.70. The molecule has 106 valence electrons. The van der Waals surface area contributed by atoms with Gasteiger partial charge in [-0.05, 0) is 30.5 Å². The molecular weight excluding hydrogens is 246 g/mol. The molecule has 1 heterocycles. The van der Waals surface area contributed by atoms with Crippen molar-refractivity contribution in [3.8, 4) is 11.4 Å². The van der Waals surface area contributed by atoms with E-state index < -0.39 is 0 Å². The van der Waals surface area contributed by atoms with E-state index in [1.54, 1.807) is 0 Å². The fraction of sp³-hybridized carbons (Fsp3) is 0.412. The molecule has 0 fully saturated rings. The van der Waals surface area contributed by atoms with Gasteiger partial charge in [-0.15, -0.1) is 0 Å². The van der Waals surface area contributed by atoms with E-state index in [1.165, 1.54) is 5.56 Å². The summed E-state index contributed by atoms with van der Waals surface area (Å²) in [6, 6.07) is 10.5. The van der Waals surface area contributed by atoms with Gasteiger partial charge in [-0.1, -0.05) is 45.0 Å². The first kappa shape index (κ1) is 14.7. The highest BCUT2D eigenvalue weighted by molar-refractivity contribution is 5.55. The molecule has 1 aromatic heterocycles. The van der Waals surface area contributed by atoms with Gasteiger partial charge in [-0.2, -0.15) is 0 Å². The van der Waals surface area contributed by atoms with Gasteiger partial charge < -0.3 is 5.32 Å². The molecule has 0 atom stereocenters. The molecule has 3 nitrogen and oxygen atoms in total. The summed E-state index contributed by atoms with van der Waals surface area (Å²) in [5, 5.41) is 3.36. The standard InChI is InChI=1S/C17H23N3/c1-4-10-18-12-16-9-11-19-17(20-16)15-7-5-14(6-8-15)13(2)3/h5-9,11,13,18H,4,10,12H2,1-3H3. The average Bonchev–Trinajstić information content (AvgIpc) is 2.48. The minimum Gasteiger partial charge on any atom is -0.311 e. The molecule has 20 heavy (non-hydrogen) atoms. The Morgan fingerprint density at radius 2 is 1.85 bits per heavy atom. The lowest BCUT2D eigenvalue weighted by Gasteiger charge is -2.07. The van der Waals surface area contributed by atoms with Gasteiger partial charge >= 0.3 is 0 Å². The van der Waals surface area contributed by atoms with Gasteiger partial charge in [0.25, 0.3) is 0 Å². The Bertz CT molecular complexity index is 532. The summed E-state index contributed by atoms with van der Waals surface area (Å²) in [5.41, 5.74) is 3.46. The smallest absolute Gasteiger partial charge is 0.159 e. The average molecular weight is 269 g/mol. The van der Waals surface area contributed by atoms with Crippen LogP contribution in [0.15, 0.2) is 36.5 Å². The van der Waals surface area contributed by atoms with Gasteiger partial charge in [0.1, 0.15) is 0 Å². The van der Waals surface area contributed by atoms with Crippen molar-refractivity contribution in [3.05, 3.63) is 47.8 Å². The van der Waals surface area contributed by atoms with Crippen LogP contribution in [0.2, 0.25) is 0 Å². The fourth-order valence-corrected chi connectivity index (χ4v) is 2.04. The van der Waals surface area contributed by atoms with E-state index in [4.69, 9.17) is 0 Å². The molecule has 1 N–H and O–H groups in total. The molecule has 0 bridgehead atoms. The third-order valence-electron chi connectivity index (χ3n) is 3.28. The van der Waals surface area contributed by atoms with Crippen LogP contribution < -0.4 is 5.32 Å². The minimum atomic E-state index is 0.551. The van der Waals surface area contributed by atoms with Gasteiger partial charge in [0.05, 0.1) is 5.69 Å². The van der Waals surface area contributed by atoms with Crippen molar-refractivity contribution in [1.82, 2.24) is 15.3 Å². The monoisotopic (exact) mass is 269 g/mol. The quantitative estimate of drug-likeness (QED) is 0.811. The van der Waals surface area contributed by atoms with Gasteiger partial charge in [0.2, 0.25) is 0 Å². The summed E-state index contributed by atoms with van der Waals surface area (Å²) in [4.78, 5) is 8.99. The van der Waals surface area contributed by atoms with Gasteiger partial charge in [0.15, 0.2) is 5.82 Å². The number of hydrogen-bond donors (Lipinski definition) is 1. The van der Waals surface area contributed by atoms with Crippen molar-refractivity contribution in [3.63, 3.8) is 0 Å². The molecule has 0 radical (unpaired) electrons. The number of nitrogens with zero attached hydrogens (tertiary/aromatic N) is 2. The lowest BCUT2D eigenvalue weighted by atomic mass is 10.0. The molecular formula is C17H23N3. The van der Waals surface area contributed by atoms with Crippen LogP contribution in [0.1, 0.15) is 44.4 Å². The second-order valence-electron chi connectivity index (χ2n) is 5.33. The van der Waals surface area contributed by atoms with Gasteiger partial charge in [-0.3, -0.25) is 0 Å². The van der Waals surface area contributed by atoms with Crippen molar-refractivity contribution in [2.75, 3.05) is 6.54 Å². The SMILES string of the molecule is CCCNCc1ccnc(-c2ccc(C(C)C)cc2)n1. The van der Waals surface area contributed by atoms with Crippen LogP contribution in [0.4, 0.5) is 0 Å². The minimum absolute atomic E-state index is 0.551. The summed E-state index contributed by atoms with van der Waals surface area (Å²) in [6.45, 7) is 8.38. The van der Waals surface area contributed by atoms with Crippen LogP contribution in [-0.4, -0.2) is 16.5 Å². The van der Waals surface area contributed by atoms with Crippen molar-refractivity contribution >= 4 is 0 Å². The molecule has 0 saturated heterocycles. The number of hydrogen-bond acceptors (Lipinski definition) is 3. The van der Waals surface area contributed by atoms with E-state index in [0.29, 0.717) is 5.92 Å². The van der Waals surface area contributed by atoms with E-state index in [2.05, 4.69) is 60.3 Å². The van der Waals surface area contributed by atoms with E-state index in [9.17, 15) is 0 Å². The molecule has 3 heteroatoms. The van der Waals surface area contributed by atoms with E-state index in [1.807, 2.05) is 12.3 Å². The number of aromatic nitrogens is 2. The normalized spacial score (nSPS) is 11.0. The second kappa shape index (κ2) is 7.15. The lowest BCUT2D eigenvalue weighted by molar-refractivity contribution is 0.663. The molecule has 0 amide bonds. The number of rotatable bonds is 6. The highest BCUT2D eigenvalue weighted by Crippen LogP contribution is 2.19. The highest BCUT2D eigenvalue weighted by Gasteiger charge is 2.04. The van der Waals surface area contributed by atoms with Gasteiger partial charge in [-0.25, -0.2) is 9.97 Å². The largest absolute Gasteiger partial charge is 0.311 e. The van der Waals surface area contributed by atoms with Crippen molar-refractivity contribution in [2.24, 2.45) is 0 Å². The third-order valence-corrected chi connectivity index (χ3v) is 3.28. The maximum absolute atomic E-state index is 4.62. The van der Waals surface area contributed by atoms with Crippen LogP contribution in [0.5, 0.6) is 0 Å². The molecule has 2 aromatic rings. The molecule has 0 unspecified atom stereocenters. The summed E-state index contributed by atoms with van der Waals surface area (Å²) < 4.78 is 0. The molecule has 0 aliphatic heterocycles. The third kappa shape index (κ3) is 3.87. The Morgan fingerprint density at radius 3 is 2.50 bits per heavy atom. The number of nitrogens with one attached hydrogen (secondary N) is 1. The topological polar surface area (TPSA) is 37.8 Å². The fourth-order valence-electron chi connectivity index (χ4n) is 2.04. The molecule has 0 aliphatic carbocycles. The predicted molar refractivity (Wildman–Crippen MR) is 83.6 cm³/mol. The van der Waals surface area contributed by atoms with Crippen molar-refractivity contribution in [2.45, 2.75) is 39.7 Å². The molecule has 2 rings (SSSR count). The summed E-state index contributed by atoms with van der Waals surface area (Å²) in [7, 11) is 0. The Morgan fingerprint density at radius 1 is 1.10 bits per heavy atom. The van der Waals surface area contributed by atoms with Crippen LogP contribution in [0.3, 0.4) is 0 Å². The van der Waals surface area contributed by atoms with Crippen LogP contribution in [-0.2, 0) is 6.54 Å². The zero-order valence-corrected chi connectivity index (χ0v) is 12.6. The van der Waals surface area contributed by atoms with Crippen LogP contribution >= 0.6 is 0 Å². The summed E-state index contributed by atoms with van der Waals surface area (Å²) >= 11 is 0. The van der Waals surface area contributed by atoms with Crippen molar-refractivity contribution < 1.29 is 0 Å². The van der Waals surface area contributed by atoms with Crippen LogP contribution in [0.25, 0.3) is 11.4 Å². The highest BCUT2D eigenvalue weighted by atomic mass is 14.9.